The third-order valence-electron chi connectivity index (χ3n) is 3.48. The lowest BCUT2D eigenvalue weighted by Crippen LogP contribution is -2.23. The Hall–Kier alpha value is -2.92. The molecule has 2 N–H and O–H groups in total. The van der Waals surface area contributed by atoms with Gasteiger partial charge in [-0.1, -0.05) is 29.8 Å². The first kappa shape index (κ1) is 16.9. The smallest absolute Gasteiger partial charge is 0.253 e. The number of nitrogens with zero attached hydrogens (tertiary/aromatic N) is 1. The van der Waals surface area contributed by atoms with Gasteiger partial charge < -0.3 is 10.6 Å². The van der Waals surface area contributed by atoms with Gasteiger partial charge in [-0.15, -0.1) is 0 Å². The molecule has 0 aliphatic carbocycles. The molecule has 0 spiro atoms. The van der Waals surface area contributed by atoms with E-state index in [2.05, 4.69) is 15.6 Å². The van der Waals surface area contributed by atoms with Crippen molar-refractivity contribution in [3.8, 4) is 0 Å². The first-order chi connectivity index (χ1) is 12.1. The molecule has 0 radical (unpaired) electrons. The lowest BCUT2D eigenvalue weighted by molar-refractivity contribution is 0.0950. The van der Waals surface area contributed by atoms with E-state index in [-0.39, 0.29) is 11.7 Å². The highest BCUT2D eigenvalue weighted by Gasteiger charge is 2.07. The Morgan fingerprint density at radius 3 is 2.60 bits per heavy atom. The van der Waals surface area contributed by atoms with Crippen LogP contribution in [0, 0.1) is 5.82 Å². The zero-order valence-corrected chi connectivity index (χ0v) is 13.9. The molecule has 25 heavy (non-hydrogen) atoms. The van der Waals surface area contributed by atoms with E-state index < -0.39 is 0 Å². The molecule has 0 saturated carbocycles. The van der Waals surface area contributed by atoms with Crippen molar-refractivity contribution in [2.24, 2.45) is 0 Å². The molecule has 0 unspecified atom stereocenters. The van der Waals surface area contributed by atoms with Crippen molar-refractivity contribution in [3.63, 3.8) is 0 Å². The predicted octanol–water partition coefficient (Wildman–Crippen LogP) is 4.55. The number of rotatable bonds is 5. The summed E-state index contributed by atoms with van der Waals surface area (Å²) in [6.07, 6.45) is 3.05. The summed E-state index contributed by atoms with van der Waals surface area (Å²) in [5, 5.41) is 6.50. The summed E-state index contributed by atoms with van der Waals surface area (Å²) in [5.41, 5.74) is 2.54. The van der Waals surface area contributed by atoms with Gasteiger partial charge >= 0.3 is 0 Å². The van der Waals surface area contributed by atoms with Gasteiger partial charge in [0.2, 0.25) is 0 Å². The van der Waals surface area contributed by atoms with Crippen molar-refractivity contribution >= 4 is 28.9 Å². The van der Waals surface area contributed by atoms with Crippen LogP contribution in [0.25, 0.3) is 0 Å². The van der Waals surface area contributed by atoms with E-state index in [1.165, 1.54) is 18.3 Å². The minimum atomic E-state index is -0.338. The SMILES string of the molecule is O=C(NCc1ccc(Cl)cc1)c1cncc(Nc2cccc(F)c2)c1. The number of aromatic nitrogens is 1. The number of hydrogen-bond acceptors (Lipinski definition) is 3. The van der Waals surface area contributed by atoms with Gasteiger partial charge in [-0.2, -0.15) is 0 Å². The van der Waals surface area contributed by atoms with E-state index in [0.29, 0.717) is 28.5 Å². The van der Waals surface area contributed by atoms with Crippen LogP contribution in [0.3, 0.4) is 0 Å². The molecule has 1 amide bonds. The van der Waals surface area contributed by atoms with Crippen molar-refractivity contribution in [2.75, 3.05) is 5.32 Å². The van der Waals surface area contributed by atoms with Crippen LogP contribution < -0.4 is 10.6 Å². The molecule has 0 atom stereocenters. The molecular weight excluding hydrogens is 341 g/mol. The lowest BCUT2D eigenvalue weighted by Gasteiger charge is -2.09. The van der Waals surface area contributed by atoms with Crippen LogP contribution >= 0.6 is 11.6 Å². The van der Waals surface area contributed by atoms with Crippen LogP contribution in [0.15, 0.2) is 67.0 Å². The van der Waals surface area contributed by atoms with Crippen LogP contribution in [0.5, 0.6) is 0 Å². The van der Waals surface area contributed by atoms with Gasteiger partial charge in [0.25, 0.3) is 5.91 Å². The number of nitrogens with one attached hydrogen (secondary N) is 2. The summed E-state index contributed by atoms with van der Waals surface area (Å²) >= 11 is 5.84. The summed E-state index contributed by atoms with van der Waals surface area (Å²) in [6.45, 7) is 0.386. The Kier molecular flexibility index (Phi) is 5.26. The van der Waals surface area contributed by atoms with Crippen LogP contribution in [0.4, 0.5) is 15.8 Å². The van der Waals surface area contributed by atoms with Crippen molar-refractivity contribution in [1.29, 1.82) is 0 Å². The van der Waals surface area contributed by atoms with Gasteiger partial charge in [0.1, 0.15) is 5.82 Å². The maximum atomic E-state index is 13.2. The maximum absolute atomic E-state index is 13.2. The molecule has 3 rings (SSSR count). The molecule has 0 fully saturated rings. The number of halogens is 2. The Balaban J connectivity index is 1.65. The standard InChI is InChI=1S/C19H15ClFN3O/c20-15-6-4-13(5-7-15)10-23-19(25)14-8-18(12-22-11-14)24-17-3-1-2-16(21)9-17/h1-9,11-12,24H,10H2,(H,23,25). The van der Waals surface area contributed by atoms with Gasteiger partial charge in [0.15, 0.2) is 0 Å². The fourth-order valence-corrected chi connectivity index (χ4v) is 2.38. The van der Waals surface area contributed by atoms with E-state index >= 15 is 0 Å². The molecule has 2 aromatic carbocycles. The molecule has 6 heteroatoms. The molecule has 0 aliphatic rings. The number of amides is 1. The Labute approximate surface area is 149 Å². The van der Waals surface area contributed by atoms with Gasteiger partial charge in [-0.05, 0) is 42.0 Å². The molecule has 126 valence electrons. The van der Waals surface area contributed by atoms with E-state index in [1.54, 1.807) is 36.5 Å². The van der Waals surface area contributed by atoms with Crippen LogP contribution in [0.1, 0.15) is 15.9 Å². The number of pyridine rings is 1. The first-order valence-electron chi connectivity index (χ1n) is 7.60. The molecule has 0 saturated heterocycles. The topological polar surface area (TPSA) is 54.0 Å². The first-order valence-corrected chi connectivity index (χ1v) is 7.98. The van der Waals surface area contributed by atoms with Gasteiger partial charge in [-0.3, -0.25) is 9.78 Å². The quantitative estimate of drug-likeness (QED) is 0.706. The van der Waals surface area contributed by atoms with Crippen molar-refractivity contribution in [3.05, 3.63) is 89.0 Å². The molecule has 3 aromatic rings. The van der Waals surface area contributed by atoms with Crippen LogP contribution in [0.2, 0.25) is 5.02 Å². The highest BCUT2D eigenvalue weighted by molar-refractivity contribution is 6.30. The molecule has 0 bridgehead atoms. The number of anilines is 2. The minimum Gasteiger partial charge on any atom is -0.354 e. The van der Waals surface area contributed by atoms with Crippen molar-refractivity contribution < 1.29 is 9.18 Å². The molecule has 0 aliphatic heterocycles. The summed E-state index contributed by atoms with van der Waals surface area (Å²) in [5.74, 6) is -0.583. The summed E-state index contributed by atoms with van der Waals surface area (Å²) in [6, 6.07) is 15.0. The average Bonchev–Trinajstić information content (AvgIpc) is 2.61. The second-order valence-electron chi connectivity index (χ2n) is 5.41. The minimum absolute atomic E-state index is 0.245. The van der Waals surface area contributed by atoms with E-state index in [4.69, 9.17) is 11.6 Å². The third-order valence-corrected chi connectivity index (χ3v) is 3.73. The van der Waals surface area contributed by atoms with Gasteiger partial charge in [0, 0.05) is 23.5 Å². The van der Waals surface area contributed by atoms with Gasteiger partial charge in [0.05, 0.1) is 17.4 Å². The number of benzene rings is 2. The number of hydrogen-bond donors (Lipinski definition) is 2. The summed E-state index contributed by atoms with van der Waals surface area (Å²) in [4.78, 5) is 16.3. The van der Waals surface area contributed by atoms with Crippen molar-refractivity contribution in [1.82, 2.24) is 10.3 Å². The highest BCUT2D eigenvalue weighted by Crippen LogP contribution is 2.17. The Morgan fingerprint density at radius 1 is 1.04 bits per heavy atom. The number of carbonyl (C=O) groups excluding carboxylic acids is 1. The van der Waals surface area contributed by atoms with E-state index in [0.717, 1.165) is 5.56 Å². The largest absolute Gasteiger partial charge is 0.354 e. The zero-order valence-electron chi connectivity index (χ0n) is 13.2. The number of carbonyl (C=O) groups is 1. The fraction of sp³-hybridized carbons (Fsp3) is 0.0526. The molecule has 1 heterocycles. The summed E-state index contributed by atoms with van der Waals surface area (Å²) in [7, 11) is 0. The van der Waals surface area contributed by atoms with E-state index in [1.807, 2.05) is 12.1 Å². The lowest BCUT2D eigenvalue weighted by atomic mass is 10.2. The Bertz CT molecular complexity index is 884. The predicted molar refractivity (Wildman–Crippen MR) is 96.5 cm³/mol. The van der Waals surface area contributed by atoms with Crippen LogP contribution in [-0.4, -0.2) is 10.9 Å². The average molecular weight is 356 g/mol. The Morgan fingerprint density at radius 2 is 1.84 bits per heavy atom. The van der Waals surface area contributed by atoms with E-state index in [9.17, 15) is 9.18 Å². The maximum Gasteiger partial charge on any atom is 0.253 e. The third kappa shape index (κ3) is 4.78. The molecule has 4 nitrogen and oxygen atoms in total. The van der Waals surface area contributed by atoms with Crippen LogP contribution in [-0.2, 0) is 6.54 Å². The van der Waals surface area contributed by atoms with Crippen molar-refractivity contribution in [2.45, 2.75) is 6.54 Å². The van der Waals surface area contributed by atoms with Gasteiger partial charge in [-0.25, -0.2) is 4.39 Å². The monoisotopic (exact) mass is 355 g/mol. The second-order valence-corrected chi connectivity index (χ2v) is 5.84. The molecular formula is C19H15ClFN3O. The molecule has 1 aromatic heterocycles. The fourth-order valence-electron chi connectivity index (χ4n) is 2.25. The summed E-state index contributed by atoms with van der Waals surface area (Å²) < 4.78 is 13.2. The normalized spacial score (nSPS) is 10.3. The highest BCUT2D eigenvalue weighted by atomic mass is 35.5. The zero-order chi connectivity index (χ0) is 17.6. The second kappa shape index (κ2) is 7.77.